The number of carbonyl (C=O) groups excluding carboxylic acids is 2. The molecule has 1 aliphatic heterocycles. The smallest absolute Gasteiger partial charge is 0.251 e. The third kappa shape index (κ3) is 4.61. The van der Waals surface area contributed by atoms with E-state index in [4.69, 9.17) is 4.98 Å². The Bertz CT molecular complexity index is 1350. The Kier molecular flexibility index (Phi) is 6.45. The maximum atomic E-state index is 13.4. The Morgan fingerprint density at radius 3 is 2.59 bits per heavy atom. The minimum absolute atomic E-state index is 0.0513. The van der Waals surface area contributed by atoms with Gasteiger partial charge in [-0.15, -0.1) is 0 Å². The fraction of sp³-hybridized carbons (Fsp3) is 0.222. The van der Waals surface area contributed by atoms with E-state index in [2.05, 4.69) is 27.3 Å². The Balaban J connectivity index is 1.34. The summed E-state index contributed by atoms with van der Waals surface area (Å²) in [5.74, 6) is 0.711. The number of hydrogen-bond donors (Lipinski definition) is 1. The van der Waals surface area contributed by atoms with Gasteiger partial charge >= 0.3 is 0 Å². The lowest BCUT2D eigenvalue weighted by atomic mass is 10.0. The molecule has 1 aromatic heterocycles. The molecule has 2 amide bonds. The number of carbonyl (C=O) groups is 2. The van der Waals surface area contributed by atoms with Crippen LogP contribution in [0.1, 0.15) is 28.2 Å². The summed E-state index contributed by atoms with van der Waals surface area (Å²) in [6.07, 6.45) is 2.49. The van der Waals surface area contributed by atoms with Gasteiger partial charge in [0, 0.05) is 35.2 Å². The van der Waals surface area contributed by atoms with E-state index < -0.39 is 0 Å². The Hall–Kier alpha value is -3.45. The number of nitrogens with one attached hydrogen (secondary N) is 1. The zero-order valence-corrected chi connectivity index (χ0v) is 20.3. The summed E-state index contributed by atoms with van der Waals surface area (Å²) < 4.78 is 2.92. The molecular formula is C27H25BrN4O2. The molecule has 0 unspecified atom stereocenters. The standard InChI is InChI=1S/C27H25BrN4O2/c28-21-13-11-20(12-14-21)27(34)29-16-15-25-30-22-8-2-4-10-24(22)32(25)18-26(33)31-17-5-7-19-6-1-3-9-23(19)31/h1-4,6,8-14H,5,7,15-18H2,(H,29,34). The first-order valence-corrected chi connectivity index (χ1v) is 12.3. The van der Waals surface area contributed by atoms with E-state index in [9.17, 15) is 9.59 Å². The van der Waals surface area contributed by atoms with Gasteiger partial charge in [0.25, 0.3) is 5.91 Å². The lowest BCUT2D eigenvalue weighted by Crippen LogP contribution is -2.38. The quantitative estimate of drug-likeness (QED) is 0.402. The highest BCUT2D eigenvalue weighted by Crippen LogP contribution is 2.27. The molecule has 4 aromatic rings. The second-order valence-electron chi connectivity index (χ2n) is 8.39. The van der Waals surface area contributed by atoms with Crippen LogP contribution in [0.15, 0.2) is 77.3 Å². The van der Waals surface area contributed by atoms with Crippen molar-refractivity contribution in [2.24, 2.45) is 0 Å². The third-order valence-corrected chi connectivity index (χ3v) is 6.71. The second kappa shape index (κ2) is 9.81. The molecular weight excluding hydrogens is 492 g/mol. The number of aromatic nitrogens is 2. The molecule has 34 heavy (non-hydrogen) atoms. The van der Waals surface area contributed by atoms with Gasteiger partial charge < -0.3 is 14.8 Å². The first-order chi connectivity index (χ1) is 16.6. The molecule has 172 valence electrons. The van der Waals surface area contributed by atoms with E-state index in [0.717, 1.165) is 46.4 Å². The molecule has 1 aliphatic rings. The Morgan fingerprint density at radius 2 is 1.74 bits per heavy atom. The van der Waals surface area contributed by atoms with Crippen LogP contribution in [0.2, 0.25) is 0 Å². The van der Waals surface area contributed by atoms with E-state index in [0.29, 0.717) is 18.5 Å². The Morgan fingerprint density at radius 1 is 0.971 bits per heavy atom. The van der Waals surface area contributed by atoms with Crippen molar-refractivity contribution in [3.63, 3.8) is 0 Å². The number of aryl methyl sites for hydroxylation is 1. The van der Waals surface area contributed by atoms with E-state index >= 15 is 0 Å². The summed E-state index contributed by atoms with van der Waals surface area (Å²) in [5, 5.41) is 2.97. The van der Waals surface area contributed by atoms with Gasteiger partial charge in [0.2, 0.25) is 5.91 Å². The maximum Gasteiger partial charge on any atom is 0.251 e. The summed E-state index contributed by atoms with van der Waals surface area (Å²) in [5.41, 5.74) is 4.61. The van der Waals surface area contributed by atoms with Crippen molar-refractivity contribution >= 4 is 44.5 Å². The van der Waals surface area contributed by atoms with Gasteiger partial charge in [-0.1, -0.05) is 46.3 Å². The van der Waals surface area contributed by atoms with Gasteiger partial charge in [0.15, 0.2) is 0 Å². The van der Waals surface area contributed by atoms with Crippen LogP contribution in [0.4, 0.5) is 5.69 Å². The molecule has 1 N–H and O–H groups in total. The fourth-order valence-electron chi connectivity index (χ4n) is 4.50. The van der Waals surface area contributed by atoms with Crippen molar-refractivity contribution in [1.29, 1.82) is 0 Å². The number of hydrogen-bond acceptors (Lipinski definition) is 3. The average molecular weight is 517 g/mol. The van der Waals surface area contributed by atoms with Gasteiger partial charge in [-0.05, 0) is 60.9 Å². The van der Waals surface area contributed by atoms with Crippen molar-refractivity contribution in [3.8, 4) is 0 Å². The number of imidazole rings is 1. The molecule has 0 fully saturated rings. The van der Waals surface area contributed by atoms with Crippen molar-refractivity contribution in [3.05, 3.63) is 94.2 Å². The molecule has 0 atom stereocenters. The summed E-state index contributed by atoms with van der Waals surface area (Å²) >= 11 is 3.39. The maximum absolute atomic E-state index is 13.4. The number of halogens is 1. The van der Waals surface area contributed by atoms with Gasteiger partial charge in [-0.2, -0.15) is 0 Å². The van der Waals surface area contributed by atoms with Crippen LogP contribution in [0, 0.1) is 0 Å². The normalized spacial score (nSPS) is 13.0. The van der Waals surface area contributed by atoms with Gasteiger partial charge in [-0.25, -0.2) is 4.98 Å². The zero-order valence-electron chi connectivity index (χ0n) is 18.7. The first kappa shape index (κ1) is 22.3. The minimum Gasteiger partial charge on any atom is -0.352 e. The van der Waals surface area contributed by atoms with Crippen LogP contribution in [0.5, 0.6) is 0 Å². The average Bonchev–Trinajstić information content (AvgIpc) is 3.21. The summed E-state index contributed by atoms with van der Waals surface area (Å²) in [6, 6.07) is 23.2. The second-order valence-corrected chi connectivity index (χ2v) is 9.31. The highest BCUT2D eigenvalue weighted by atomic mass is 79.9. The third-order valence-electron chi connectivity index (χ3n) is 6.18. The number of nitrogens with zero attached hydrogens (tertiary/aromatic N) is 3. The number of fused-ring (bicyclic) bond motifs is 2. The lowest BCUT2D eigenvalue weighted by molar-refractivity contribution is -0.119. The number of rotatable bonds is 6. The van der Waals surface area contributed by atoms with Crippen molar-refractivity contribution in [2.45, 2.75) is 25.8 Å². The van der Waals surface area contributed by atoms with Crippen LogP contribution in [-0.4, -0.2) is 34.5 Å². The van der Waals surface area contributed by atoms with Gasteiger partial charge in [0.1, 0.15) is 12.4 Å². The van der Waals surface area contributed by atoms with Crippen LogP contribution in [0.25, 0.3) is 11.0 Å². The summed E-state index contributed by atoms with van der Waals surface area (Å²) in [6.45, 7) is 1.37. The predicted molar refractivity (Wildman–Crippen MR) is 137 cm³/mol. The highest BCUT2D eigenvalue weighted by Gasteiger charge is 2.24. The lowest BCUT2D eigenvalue weighted by Gasteiger charge is -2.29. The first-order valence-electron chi connectivity index (χ1n) is 11.5. The highest BCUT2D eigenvalue weighted by molar-refractivity contribution is 9.10. The van der Waals surface area contributed by atoms with Crippen LogP contribution in [-0.2, 0) is 24.2 Å². The molecule has 7 heteroatoms. The molecule has 2 heterocycles. The van der Waals surface area contributed by atoms with E-state index in [1.807, 2.05) is 64.1 Å². The van der Waals surface area contributed by atoms with E-state index in [-0.39, 0.29) is 18.4 Å². The predicted octanol–water partition coefficient (Wildman–Crippen LogP) is 4.75. The van der Waals surface area contributed by atoms with Crippen molar-refractivity contribution < 1.29 is 9.59 Å². The fourth-order valence-corrected chi connectivity index (χ4v) is 4.76. The SMILES string of the molecule is O=C(NCCc1nc2ccccc2n1CC(=O)N1CCCc2ccccc21)c1ccc(Br)cc1. The number of para-hydroxylation sites is 3. The van der Waals surface area contributed by atoms with Crippen LogP contribution >= 0.6 is 15.9 Å². The van der Waals surface area contributed by atoms with Crippen molar-refractivity contribution in [1.82, 2.24) is 14.9 Å². The summed E-state index contributed by atoms with van der Waals surface area (Å²) in [7, 11) is 0. The molecule has 6 nitrogen and oxygen atoms in total. The largest absolute Gasteiger partial charge is 0.352 e. The van der Waals surface area contributed by atoms with Crippen LogP contribution in [0.3, 0.4) is 0 Å². The summed E-state index contributed by atoms with van der Waals surface area (Å²) in [4.78, 5) is 32.6. The number of anilines is 1. The minimum atomic E-state index is -0.129. The zero-order chi connectivity index (χ0) is 23.5. The molecule has 5 rings (SSSR count). The topological polar surface area (TPSA) is 67.2 Å². The van der Waals surface area contributed by atoms with Crippen molar-refractivity contribution in [2.75, 3.05) is 18.0 Å². The monoisotopic (exact) mass is 516 g/mol. The Labute approximate surface area is 206 Å². The van der Waals surface area contributed by atoms with E-state index in [1.165, 1.54) is 5.56 Å². The molecule has 0 spiro atoms. The number of amides is 2. The molecule has 3 aromatic carbocycles. The molecule has 0 saturated carbocycles. The molecule has 0 bridgehead atoms. The van der Waals surface area contributed by atoms with E-state index in [1.54, 1.807) is 12.1 Å². The molecule has 0 saturated heterocycles. The molecule has 0 radical (unpaired) electrons. The van der Waals surface area contributed by atoms with Gasteiger partial charge in [-0.3, -0.25) is 9.59 Å². The van der Waals surface area contributed by atoms with Crippen LogP contribution < -0.4 is 10.2 Å². The number of benzene rings is 3. The van der Waals surface area contributed by atoms with Gasteiger partial charge in [0.05, 0.1) is 11.0 Å². The molecule has 0 aliphatic carbocycles.